The zero-order valence-corrected chi connectivity index (χ0v) is 18.2. The van der Waals surface area contributed by atoms with E-state index in [1.165, 1.54) is 0 Å². The summed E-state index contributed by atoms with van der Waals surface area (Å²) in [5.74, 6) is 2.05. The molecule has 6 heteroatoms. The Hall–Kier alpha value is -2.76. The van der Waals surface area contributed by atoms with Crippen LogP contribution in [0.5, 0.6) is 11.5 Å². The van der Waals surface area contributed by atoms with Gasteiger partial charge in [0.1, 0.15) is 17.3 Å². The lowest BCUT2D eigenvalue weighted by Crippen LogP contribution is -1.93. The van der Waals surface area contributed by atoms with Crippen molar-refractivity contribution in [3.05, 3.63) is 76.2 Å². The molecule has 0 saturated carbocycles. The van der Waals surface area contributed by atoms with Gasteiger partial charge < -0.3 is 14.5 Å². The maximum Gasteiger partial charge on any atom is 0.142 e. The van der Waals surface area contributed by atoms with Crippen LogP contribution in [0, 0.1) is 0 Å². The van der Waals surface area contributed by atoms with Crippen LogP contribution in [0.4, 0.5) is 0 Å². The van der Waals surface area contributed by atoms with Crippen LogP contribution < -0.4 is 9.47 Å². The first-order chi connectivity index (χ1) is 14.1. The molecule has 1 N–H and O–H groups in total. The largest absolute Gasteiger partial charge is 0.496 e. The molecular formula is C23H18BrClN2O2. The average molecular weight is 470 g/mol. The minimum atomic E-state index is 0.663. The quantitative estimate of drug-likeness (QED) is 0.348. The molecule has 0 aliphatic rings. The van der Waals surface area contributed by atoms with Crippen molar-refractivity contribution in [1.29, 1.82) is 0 Å². The minimum Gasteiger partial charge on any atom is -0.496 e. The van der Waals surface area contributed by atoms with Crippen molar-refractivity contribution in [1.82, 2.24) is 9.97 Å². The molecule has 29 heavy (non-hydrogen) atoms. The zero-order chi connectivity index (χ0) is 20.4. The van der Waals surface area contributed by atoms with Gasteiger partial charge in [0.05, 0.1) is 35.6 Å². The third-order valence-electron chi connectivity index (χ3n) is 4.59. The fraction of sp³-hybridized carbons (Fsp3) is 0.0870. The van der Waals surface area contributed by atoms with Crippen molar-refractivity contribution in [2.24, 2.45) is 0 Å². The molecule has 4 aromatic rings. The number of benzene rings is 3. The monoisotopic (exact) mass is 468 g/mol. The Morgan fingerprint density at radius 2 is 1.59 bits per heavy atom. The van der Waals surface area contributed by atoms with Crippen LogP contribution in [0.2, 0.25) is 5.02 Å². The van der Waals surface area contributed by atoms with E-state index in [4.69, 9.17) is 26.1 Å². The molecule has 0 unspecified atom stereocenters. The summed E-state index contributed by atoms with van der Waals surface area (Å²) < 4.78 is 11.8. The standard InChI is InChI=1S/C23H18BrClN2O2/c1-28-19-13-20(29-2)18(24)12-17(19)23-26-21(14-7-4-3-5-8-14)22(27-23)15-9-6-10-16(25)11-15/h3-13H,1-2H3,(H,26,27). The van der Waals surface area contributed by atoms with Crippen LogP contribution in [0.3, 0.4) is 0 Å². The van der Waals surface area contributed by atoms with Crippen molar-refractivity contribution in [3.63, 3.8) is 0 Å². The van der Waals surface area contributed by atoms with E-state index in [0.717, 1.165) is 32.6 Å². The summed E-state index contributed by atoms with van der Waals surface area (Å²) in [4.78, 5) is 8.39. The maximum absolute atomic E-state index is 6.24. The Kier molecular flexibility index (Phi) is 5.60. The van der Waals surface area contributed by atoms with Gasteiger partial charge in [-0.1, -0.05) is 54.1 Å². The van der Waals surface area contributed by atoms with Gasteiger partial charge in [-0.15, -0.1) is 0 Å². The fourth-order valence-electron chi connectivity index (χ4n) is 3.20. The Morgan fingerprint density at radius 3 is 2.28 bits per heavy atom. The first kappa shape index (κ1) is 19.6. The Morgan fingerprint density at radius 1 is 0.862 bits per heavy atom. The number of methoxy groups -OCH3 is 2. The van der Waals surface area contributed by atoms with Crippen molar-refractivity contribution in [3.8, 4) is 45.4 Å². The number of hydrogen-bond donors (Lipinski definition) is 1. The van der Waals surface area contributed by atoms with Crippen LogP contribution >= 0.6 is 27.5 Å². The van der Waals surface area contributed by atoms with Gasteiger partial charge in [0.15, 0.2) is 0 Å². The van der Waals surface area contributed by atoms with Gasteiger partial charge >= 0.3 is 0 Å². The zero-order valence-electron chi connectivity index (χ0n) is 15.9. The summed E-state index contributed by atoms with van der Waals surface area (Å²) in [6, 6.07) is 21.5. The smallest absolute Gasteiger partial charge is 0.142 e. The number of H-pyrrole nitrogens is 1. The van der Waals surface area contributed by atoms with E-state index >= 15 is 0 Å². The molecule has 0 aliphatic heterocycles. The molecule has 4 rings (SSSR count). The van der Waals surface area contributed by atoms with Crippen molar-refractivity contribution in [2.45, 2.75) is 0 Å². The Balaban J connectivity index is 1.94. The van der Waals surface area contributed by atoms with E-state index in [1.54, 1.807) is 14.2 Å². The fourth-order valence-corrected chi connectivity index (χ4v) is 3.90. The van der Waals surface area contributed by atoms with Gasteiger partial charge in [-0.25, -0.2) is 4.98 Å². The van der Waals surface area contributed by atoms with E-state index in [2.05, 4.69) is 20.9 Å². The minimum absolute atomic E-state index is 0.663. The molecule has 0 fully saturated rings. The van der Waals surface area contributed by atoms with Gasteiger partial charge in [0.2, 0.25) is 0 Å². The lowest BCUT2D eigenvalue weighted by atomic mass is 10.1. The van der Waals surface area contributed by atoms with Crippen molar-refractivity contribution in [2.75, 3.05) is 14.2 Å². The van der Waals surface area contributed by atoms with Crippen LogP contribution in [0.25, 0.3) is 33.9 Å². The number of rotatable bonds is 5. The van der Waals surface area contributed by atoms with E-state index in [9.17, 15) is 0 Å². The molecule has 0 radical (unpaired) electrons. The summed E-state index contributed by atoms with van der Waals surface area (Å²) in [7, 11) is 3.25. The van der Waals surface area contributed by atoms with Crippen LogP contribution in [-0.4, -0.2) is 24.2 Å². The predicted octanol–water partition coefficient (Wildman–Crippen LogP) is 6.84. The maximum atomic E-state index is 6.24. The molecule has 0 aliphatic carbocycles. The molecular weight excluding hydrogens is 452 g/mol. The number of halogens is 2. The van der Waals surface area contributed by atoms with Gasteiger partial charge in [0, 0.05) is 22.2 Å². The second kappa shape index (κ2) is 8.31. The number of ether oxygens (including phenoxy) is 2. The van der Waals surface area contributed by atoms with E-state index < -0.39 is 0 Å². The number of imidazole rings is 1. The number of aromatic amines is 1. The lowest BCUT2D eigenvalue weighted by Gasteiger charge is -2.10. The Bertz CT molecular complexity index is 1160. The summed E-state index contributed by atoms with van der Waals surface area (Å²) >= 11 is 9.79. The molecule has 0 spiro atoms. The van der Waals surface area contributed by atoms with Crippen LogP contribution in [0.15, 0.2) is 71.2 Å². The van der Waals surface area contributed by atoms with E-state index in [0.29, 0.717) is 22.3 Å². The number of hydrogen-bond acceptors (Lipinski definition) is 3. The normalized spacial score (nSPS) is 10.8. The molecule has 0 bridgehead atoms. The highest BCUT2D eigenvalue weighted by atomic mass is 79.9. The van der Waals surface area contributed by atoms with Crippen molar-refractivity contribution >= 4 is 27.5 Å². The topological polar surface area (TPSA) is 47.1 Å². The summed E-state index contributed by atoms with van der Waals surface area (Å²) in [5.41, 5.74) is 4.53. The van der Waals surface area contributed by atoms with Crippen molar-refractivity contribution < 1.29 is 9.47 Å². The third-order valence-corrected chi connectivity index (χ3v) is 5.45. The summed E-state index contributed by atoms with van der Waals surface area (Å²) in [6.07, 6.45) is 0. The number of nitrogens with one attached hydrogen (secondary N) is 1. The molecule has 3 aromatic carbocycles. The molecule has 4 nitrogen and oxygen atoms in total. The van der Waals surface area contributed by atoms with Gasteiger partial charge in [-0.2, -0.15) is 0 Å². The lowest BCUT2D eigenvalue weighted by molar-refractivity contribution is 0.393. The van der Waals surface area contributed by atoms with Gasteiger partial charge in [0.25, 0.3) is 0 Å². The molecule has 0 atom stereocenters. The van der Waals surface area contributed by atoms with Gasteiger partial charge in [-0.05, 0) is 34.1 Å². The third kappa shape index (κ3) is 3.88. The number of nitrogens with zero attached hydrogens (tertiary/aromatic N) is 1. The van der Waals surface area contributed by atoms with Crippen LogP contribution in [-0.2, 0) is 0 Å². The van der Waals surface area contributed by atoms with E-state index in [-0.39, 0.29) is 0 Å². The highest BCUT2D eigenvalue weighted by Crippen LogP contribution is 2.40. The highest BCUT2D eigenvalue weighted by molar-refractivity contribution is 9.10. The number of aromatic nitrogens is 2. The first-order valence-electron chi connectivity index (χ1n) is 8.94. The van der Waals surface area contributed by atoms with Gasteiger partial charge in [-0.3, -0.25) is 0 Å². The Labute approximate surface area is 182 Å². The average Bonchev–Trinajstić information content (AvgIpc) is 3.19. The molecule has 1 heterocycles. The second-order valence-corrected chi connectivity index (χ2v) is 7.66. The predicted molar refractivity (Wildman–Crippen MR) is 121 cm³/mol. The second-order valence-electron chi connectivity index (χ2n) is 6.37. The SMILES string of the molecule is COc1cc(OC)c(-c2nc(-c3cccc(Cl)c3)c(-c3ccccc3)[nH]2)cc1Br. The van der Waals surface area contributed by atoms with Crippen LogP contribution in [0.1, 0.15) is 0 Å². The summed E-state index contributed by atoms with van der Waals surface area (Å²) in [5, 5.41) is 0.663. The molecule has 0 amide bonds. The molecule has 1 aromatic heterocycles. The first-order valence-corrected chi connectivity index (χ1v) is 10.1. The molecule has 0 saturated heterocycles. The molecule has 146 valence electrons. The van der Waals surface area contributed by atoms with E-state index in [1.807, 2.05) is 66.7 Å². The highest BCUT2D eigenvalue weighted by Gasteiger charge is 2.19. The summed E-state index contributed by atoms with van der Waals surface area (Å²) in [6.45, 7) is 0.